The van der Waals surface area contributed by atoms with Crippen LogP contribution >= 0.6 is 0 Å². The van der Waals surface area contributed by atoms with Gasteiger partial charge in [0.15, 0.2) is 0 Å². The van der Waals surface area contributed by atoms with Gasteiger partial charge in [-0.3, -0.25) is 0 Å². The second-order valence-electron chi connectivity index (χ2n) is 4.03. The molecule has 0 amide bonds. The van der Waals surface area contributed by atoms with E-state index in [-0.39, 0.29) is 11.4 Å². The lowest BCUT2D eigenvalue weighted by Gasteiger charge is -2.04. The van der Waals surface area contributed by atoms with E-state index < -0.39 is 11.0 Å². The normalized spacial score (nSPS) is 12.3. The van der Waals surface area contributed by atoms with Gasteiger partial charge in [-0.2, -0.15) is 0 Å². The average molecular weight is 247 g/mol. The summed E-state index contributed by atoms with van der Waals surface area (Å²) in [4.78, 5) is 10.2. The third-order valence-electron chi connectivity index (χ3n) is 2.68. The Labute approximate surface area is 103 Å². The number of nitrogens with zero attached hydrogens (tertiary/aromatic N) is 2. The van der Waals surface area contributed by atoms with Gasteiger partial charge in [0.2, 0.25) is 0 Å². The maximum Gasteiger partial charge on any atom is 0.348 e. The van der Waals surface area contributed by atoms with Crippen LogP contribution in [0.2, 0.25) is 0 Å². The third kappa shape index (κ3) is 2.38. The van der Waals surface area contributed by atoms with E-state index in [9.17, 15) is 15.2 Å². The van der Waals surface area contributed by atoms with Crippen LogP contribution in [0.4, 0.5) is 5.82 Å². The Morgan fingerprint density at radius 3 is 2.67 bits per heavy atom. The number of hydrogen-bond acceptors (Lipinski definition) is 4. The second-order valence-corrected chi connectivity index (χ2v) is 4.03. The fourth-order valence-corrected chi connectivity index (χ4v) is 1.88. The molecule has 2 aromatic rings. The van der Waals surface area contributed by atoms with Crippen LogP contribution < -0.4 is 0 Å². The minimum atomic E-state index is -0.928. The van der Waals surface area contributed by atoms with Crippen LogP contribution in [-0.4, -0.2) is 20.2 Å². The highest BCUT2D eigenvalue weighted by Gasteiger charge is 2.25. The first-order valence-corrected chi connectivity index (χ1v) is 5.53. The van der Waals surface area contributed by atoms with E-state index in [1.165, 1.54) is 6.92 Å². The Kier molecular flexibility index (Phi) is 3.38. The minimum Gasteiger partial charge on any atom is -0.388 e. The van der Waals surface area contributed by atoms with E-state index in [0.29, 0.717) is 12.1 Å². The van der Waals surface area contributed by atoms with Gasteiger partial charge in [-0.15, -0.1) is 5.10 Å². The predicted octanol–water partition coefficient (Wildman–Crippen LogP) is 1.96. The fraction of sp³-hybridized carbons (Fsp3) is 0.250. The van der Waals surface area contributed by atoms with Gasteiger partial charge < -0.3 is 15.2 Å². The molecular weight excluding hydrogens is 234 g/mol. The number of aliphatic hydroxyl groups excluding tert-OH is 1. The summed E-state index contributed by atoms with van der Waals surface area (Å²) in [6.07, 6.45) is -0.478. The highest BCUT2D eigenvalue weighted by Crippen LogP contribution is 2.27. The molecule has 0 fully saturated rings. The molecule has 6 nitrogen and oxygen atoms in total. The van der Waals surface area contributed by atoms with E-state index in [1.807, 2.05) is 30.3 Å². The van der Waals surface area contributed by atoms with Crippen molar-refractivity contribution in [2.45, 2.75) is 19.4 Å². The van der Waals surface area contributed by atoms with Crippen molar-refractivity contribution in [2.75, 3.05) is 0 Å². The maximum atomic E-state index is 10.8. The molecule has 0 spiro atoms. The number of nitrogens with one attached hydrogen (secondary N) is 1. The summed E-state index contributed by atoms with van der Waals surface area (Å²) in [5.41, 5.74) is 1.74. The molecule has 1 atom stereocenters. The van der Waals surface area contributed by atoms with Crippen LogP contribution in [-0.2, 0) is 6.42 Å². The van der Waals surface area contributed by atoms with E-state index >= 15 is 0 Å². The Balaban J connectivity index is 2.37. The van der Waals surface area contributed by atoms with Crippen molar-refractivity contribution >= 4 is 5.82 Å². The Hall–Kier alpha value is -2.21. The van der Waals surface area contributed by atoms with Crippen LogP contribution in [0.15, 0.2) is 30.3 Å². The summed E-state index contributed by atoms with van der Waals surface area (Å²) in [6.45, 7) is 1.49. The Morgan fingerprint density at radius 2 is 2.11 bits per heavy atom. The quantitative estimate of drug-likeness (QED) is 0.638. The monoisotopic (exact) mass is 247 g/mol. The van der Waals surface area contributed by atoms with Crippen molar-refractivity contribution in [3.05, 3.63) is 57.3 Å². The largest absolute Gasteiger partial charge is 0.388 e. The molecule has 0 saturated heterocycles. The van der Waals surface area contributed by atoms with Gasteiger partial charge >= 0.3 is 5.82 Å². The molecule has 0 saturated carbocycles. The van der Waals surface area contributed by atoms with Gasteiger partial charge in [-0.05, 0) is 17.4 Å². The lowest BCUT2D eigenvalue weighted by molar-refractivity contribution is -0.390. The van der Waals surface area contributed by atoms with Crippen molar-refractivity contribution < 1.29 is 10.0 Å². The Morgan fingerprint density at radius 1 is 1.44 bits per heavy atom. The van der Waals surface area contributed by atoms with Gasteiger partial charge in [0, 0.05) is 6.42 Å². The molecule has 6 heteroatoms. The molecular formula is C12H13N3O3. The predicted molar refractivity (Wildman–Crippen MR) is 65.1 cm³/mol. The first kappa shape index (κ1) is 12.3. The van der Waals surface area contributed by atoms with Crippen LogP contribution in [0.5, 0.6) is 0 Å². The third-order valence-corrected chi connectivity index (χ3v) is 2.68. The van der Waals surface area contributed by atoms with Crippen LogP contribution in [0.1, 0.15) is 29.8 Å². The van der Waals surface area contributed by atoms with Crippen molar-refractivity contribution in [3.8, 4) is 0 Å². The fourth-order valence-electron chi connectivity index (χ4n) is 1.88. The number of aliphatic hydroxyl groups is 1. The summed E-state index contributed by atoms with van der Waals surface area (Å²) in [5, 5.41) is 26.7. The van der Waals surface area contributed by atoms with Gasteiger partial charge in [-0.25, -0.2) is 0 Å². The van der Waals surface area contributed by atoms with Gasteiger partial charge in [-0.1, -0.05) is 35.4 Å². The number of hydrogen-bond donors (Lipinski definition) is 2. The first-order valence-electron chi connectivity index (χ1n) is 5.53. The van der Waals surface area contributed by atoms with E-state index in [2.05, 4.69) is 10.2 Å². The molecule has 0 bridgehead atoms. The van der Waals surface area contributed by atoms with Crippen molar-refractivity contribution in [2.24, 2.45) is 0 Å². The minimum absolute atomic E-state index is 0.240. The van der Waals surface area contributed by atoms with Crippen molar-refractivity contribution in [1.29, 1.82) is 0 Å². The SMILES string of the molecule is CC(O)c1c(Cc2ccccc2)n[nH]c1[N+](=O)[O-]. The standard InChI is InChI=1S/C12H13N3O3/c1-8(16)11-10(13-14-12(11)15(17)18)7-9-5-3-2-4-6-9/h2-6,8,16H,7H2,1H3,(H,13,14). The summed E-state index contributed by atoms with van der Waals surface area (Å²) in [6, 6.07) is 9.49. The number of aromatic amines is 1. The molecule has 2 N–H and O–H groups in total. The zero-order valence-electron chi connectivity index (χ0n) is 9.83. The molecule has 18 heavy (non-hydrogen) atoms. The van der Waals surface area contributed by atoms with Crippen molar-refractivity contribution in [1.82, 2.24) is 10.2 Å². The second kappa shape index (κ2) is 4.97. The molecule has 0 aliphatic carbocycles. The number of benzene rings is 1. The first-order chi connectivity index (χ1) is 8.59. The van der Waals surface area contributed by atoms with Gasteiger partial charge in [0.25, 0.3) is 0 Å². The smallest absolute Gasteiger partial charge is 0.348 e. The summed E-state index contributed by atoms with van der Waals surface area (Å²) < 4.78 is 0. The molecule has 0 radical (unpaired) electrons. The maximum absolute atomic E-state index is 10.8. The lowest BCUT2D eigenvalue weighted by atomic mass is 10.0. The van der Waals surface area contributed by atoms with E-state index in [1.54, 1.807) is 0 Å². The van der Waals surface area contributed by atoms with Crippen LogP contribution in [0, 0.1) is 10.1 Å². The van der Waals surface area contributed by atoms with Gasteiger partial charge in [0.05, 0.1) is 6.10 Å². The number of nitro groups is 1. The molecule has 94 valence electrons. The highest BCUT2D eigenvalue weighted by atomic mass is 16.6. The molecule has 1 unspecified atom stereocenters. The number of aromatic nitrogens is 2. The molecule has 1 aromatic heterocycles. The molecule has 1 aromatic carbocycles. The average Bonchev–Trinajstić information content (AvgIpc) is 2.74. The molecule has 2 rings (SSSR count). The lowest BCUT2D eigenvalue weighted by Crippen LogP contribution is -2.01. The molecule has 0 aliphatic heterocycles. The molecule has 1 heterocycles. The zero-order valence-corrected chi connectivity index (χ0v) is 9.83. The molecule has 0 aliphatic rings. The highest BCUT2D eigenvalue weighted by molar-refractivity contribution is 5.40. The zero-order chi connectivity index (χ0) is 13.1. The van der Waals surface area contributed by atoms with Crippen molar-refractivity contribution in [3.63, 3.8) is 0 Å². The van der Waals surface area contributed by atoms with Gasteiger partial charge in [0.1, 0.15) is 11.3 Å². The summed E-state index contributed by atoms with van der Waals surface area (Å²) >= 11 is 0. The van der Waals surface area contributed by atoms with E-state index in [4.69, 9.17) is 0 Å². The summed E-state index contributed by atoms with van der Waals surface area (Å²) in [5.74, 6) is -0.240. The number of H-pyrrole nitrogens is 1. The topological polar surface area (TPSA) is 92.1 Å². The van der Waals surface area contributed by atoms with E-state index in [0.717, 1.165) is 5.56 Å². The summed E-state index contributed by atoms with van der Waals surface area (Å²) in [7, 11) is 0. The Bertz CT molecular complexity index is 549. The van der Waals surface area contributed by atoms with Crippen LogP contribution in [0.25, 0.3) is 0 Å². The number of rotatable bonds is 4. The van der Waals surface area contributed by atoms with Crippen LogP contribution in [0.3, 0.4) is 0 Å².